The summed E-state index contributed by atoms with van der Waals surface area (Å²) < 4.78 is 23.8. The van der Waals surface area contributed by atoms with Gasteiger partial charge in [-0.2, -0.15) is 0 Å². The molecule has 2 aromatic carbocycles. The van der Waals surface area contributed by atoms with Crippen LogP contribution in [-0.4, -0.2) is 49.8 Å². The molecule has 1 aliphatic rings. The van der Waals surface area contributed by atoms with E-state index in [0.717, 1.165) is 11.1 Å². The first-order valence-corrected chi connectivity index (χ1v) is 11.6. The van der Waals surface area contributed by atoms with Gasteiger partial charge in [-0.25, -0.2) is 13.2 Å². The SMILES string of the molecule is CN1C(=O)N(Cc2ccccc2)CC1(CCS(C)(=O)=O)c1ccc(Cl)c(Cl)c1. The lowest BCUT2D eigenvalue weighted by molar-refractivity contribution is 0.173. The van der Waals surface area contributed by atoms with Crippen LogP contribution < -0.4 is 0 Å². The summed E-state index contributed by atoms with van der Waals surface area (Å²) in [5.74, 6) is -0.0377. The number of sulfone groups is 1. The molecular formula is C20H22Cl2N2O3S. The van der Waals surface area contributed by atoms with Crippen molar-refractivity contribution in [2.24, 2.45) is 0 Å². The number of nitrogens with zero attached hydrogens (tertiary/aromatic N) is 2. The third-order valence-electron chi connectivity index (χ3n) is 5.21. The van der Waals surface area contributed by atoms with Crippen LogP contribution in [0.1, 0.15) is 17.5 Å². The van der Waals surface area contributed by atoms with Gasteiger partial charge in [-0.05, 0) is 29.7 Å². The maximum atomic E-state index is 13.0. The van der Waals surface area contributed by atoms with Crippen molar-refractivity contribution >= 4 is 39.1 Å². The van der Waals surface area contributed by atoms with Crippen LogP contribution in [0, 0.1) is 0 Å². The zero-order valence-corrected chi connectivity index (χ0v) is 18.1. The lowest BCUT2D eigenvalue weighted by Crippen LogP contribution is -2.43. The topological polar surface area (TPSA) is 57.7 Å². The van der Waals surface area contributed by atoms with E-state index in [4.69, 9.17) is 23.2 Å². The minimum absolute atomic E-state index is 0.0377. The fraction of sp³-hybridized carbons (Fsp3) is 0.350. The first kappa shape index (κ1) is 21.0. The van der Waals surface area contributed by atoms with E-state index in [0.29, 0.717) is 23.1 Å². The fourth-order valence-corrected chi connectivity index (χ4v) is 4.63. The van der Waals surface area contributed by atoms with Crippen molar-refractivity contribution in [1.82, 2.24) is 9.80 Å². The summed E-state index contributed by atoms with van der Waals surface area (Å²) in [6, 6.07) is 14.8. The molecule has 1 saturated heterocycles. The Hall–Kier alpha value is -1.76. The molecular weight excluding hydrogens is 419 g/mol. The van der Waals surface area contributed by atoms with Crippen LogP contribution >= 0.6 is 23.2 Å². The van der Waals surface area contributed by atoms with Crippen molar-refractivity contribution in [1.29, 1.82) is 0 Å². The largest absolute Gasteiger partial charge is 0.320 e. The molecule has 1 fully saturated rings. The molecule has 2 amide bonds. The van der Waals surface area contributed by atoms with Crippen LogP contribution in [0.5, 0.6) is 0 Å². The Morgan fingerprint density at radius 1 is 1.07 bits per heavy atom. The number of urea groups is 1. The zero-order valence-electron chi connectivity index (χ0n) is 15.7. The summed E-state index contributed by atoms with van der Waals surface area (Å²) in [5.41, 5.74) is 0.984. The highest BCUT2D eigenvalue weighted by atomic mass is 35.5. The van der Waals surface area contributed by atoms with Gasteiger partial charge in [-0.1, -0.05) is 59.6 Å². The zero-order chi connectivity index (χ0) is 20.5. The molecule has 8 heteroatoms. The van der Waals surface area contributed by atoms with E-state index in [-0.39, 0.29) is 18.2 Å². The van der Waals surface area contributed by atoms with E-state index in [1.165, 1.54) is 6.26 Å². The number of carbonyl (C=O) groups excluding carboxylic acids is 1. The molecule has 0 aromatic heterocycles. The fourth-order valence-electron chi connectivity index (χ4n) is 3.63. The van der Waals surface area contributed by atoms with Crippen LogP contribution in [0.4, 0.5) is 4.79 Å². The monoisotopic (exact) mass is 440 g/mol. The van der Waals surface area contributed by atoms with E-state index >= 15 is 0 Å². The summed E-state index contributed by atoms with van der Waals surface area (Å²) in [6.45, 7) is 0.816. The van der Waals surface area contributed by atoms with Crippen molar-refractivity contribution in [3.05, 3.63) is 69.7 Å². The van der Waals surface area contributed by atoms with Crippen molar-refractivity contribution in [2.45, 2.75) is 18.5 Å². The van der Waals surface area contributed by atoms with Gasteiger partial charge in [0.05, 0.1) is 27.9 Å². The lowest BCUT2D eigenvalue weighted by atomic mass is 9.86. The number of carbonyl (C=O) groups is 1. The molecule has 0 spiro atoms. The van der Waals surface area contributed by atoms with Crippen molar-refractivity contribution in [3.63, 3.8) is 0 Å². The first-order valence-electron chi connectivity index (χ1n) is 8.82. The molecule has 5 nitrogen and oxygen atoms in total. The summed E-state index contributed by atoms with van der Waals surface area (Å²) in [6.07, 6.45) is 1.48. The number of rotatable bonds is 6. The first-order chi connectivity index (χ1) is 13.1. The van der Waals surface area contributed by atoms with Gasteiger partial charge in [-0.15, -0.1) is 0 Å². The molecule has 0 radical (unpaired) electrons. The molecule has 1 unspecified atom stereocenters. The number of hydrogen-bond acceptors (Lipinski definition) is 3. The third-order valence-corrected chi connectivity index (χ3v) is 6.90. The van der Waals surface area contributed by atoms with Gasteiger partial charge in [0.2, 0.25) is 0 Å². The smallest absolute Gasteiger partial charge is 0.318 e. The number of benzene rings is 2. The Morgan fingerprint density at radius 2 is 1.75 bits per heavy atom. The molecule has 2 aromatic rings. The molecule has 0 aliphatic carbocycles. The number of likely N-dealkylation sites (N-methyl/N-ethyl adjacent to an activating group) is 1. The van der Waals surface area contributed by atoms with E-state index < -0.39 is 15.4 Å². The summed E-state index contributed by atoms with van der Waals surface area (Å²) in [7, 11) is -1.50. The highest BCUT2D eigenvalue weighted by molar-refractivity contribution is 7.90. The Labute approximate surface area is 175 Å². The Morgan fingerprint density at radius 3 is 2.36 bits per heavy atom. The van der Waals surface area contributed by atoms with Crippen LogP contribution in [0.2, 0.25) is 10.0 Å². The predicted molar refractivity (Wildman–Crippen MR) is 112 cm³/mol. The number of hydrogen-bond donors (Lipinski definition) is 0. The van der Waals surface area contributed by atoms with E-state index in [1.54, 1.807) is 29.0 Å². The minimum atomic E-state index is -3.21. The summed E-state index contributed by atoms with van der Waals surface area (Å²) in [4.78, 5) is 16.4. The molecule has 0 saturated carbocycles. The number of halogens is 2. The van der Waals surface area contributed by atoms with Crippen LogP contribution in [0.25, 0.3) is 0 Å². The predicted octanol–water partition coefficient (Wildman–Crippen LogP) is 4.19. The minimum Gasteiger partial charge on any atom is -0.318 e. The van der Waals surface area contributed by atoms with Crippen molar-refractivity contribution in [3.8, 4) is 0 Å². The lowest BCUT2D eigenvalue weighted by Gasteiger charge is -2.35. The molecule has 0 bridgehead atoms. The standard InChI is InChI=1S/C20H22Cl2N2O3S/c1-23-19(25)24(13-15-6-4-3-5-7-15)14-20(23,10-11-28(2,26)27)16-8-9-17(21)18(22)12-16/h3-9,12H,10-11,13-14H2,1-2H3. The maximum Gasteiger partial charge on any atom is 0.320 e. The normalized spacial score (nSPS) is 20.1. The Kier molecular flexibility index (Phi) is 5.94. The third kappa shape index (κ3) is 4.29. The molecule has 1 atom stereocenters. The van der Waals surface area contributed by atoms with Gasteiger partial charge < -0.3 is 9.80 Å². The highest BCUT2D eigenvalue weighted by Gasteiger charge is 2.49. The molecule has 1 aliphatic heterocycles. The molecule has 3 rings (SSSR count). The highest BCUT2D eigenvalue weighted by Crippen LogP contribution is 2.41. The average molecular weight is 441 g/mol. The second-order valence-corrected chi connectivity index (χ2v) is 10.3. The second kappa shape index (κ2) is 7.93. The van der Waals surface area contributed by atoms with Crippen LogP contribution in [0.3, 0.4) is 0 Å². The van der Waals surface area contributed by atoms with Crippen molar-refractivity contribution in [2.75, 3.05) is 25.6 Å². The molecule has 1 heterocycles. The van der Waals surface area contributed by atoms with Crippen LogP contribution in [-0.2, 0) is 21.9 Å². The van der Waals surface area contributed by atoms with Gasteiger partial charge in [0.15, 0.2) is 0 Å². The van der Waals surface area contributed by atoms with E-state index in [9.17, 15) is 13.2 Å². The summed E-state index contributed by atoms with van der Waals surface area (Å²) in [5, 5.41) is 0.789. The van der Waals surface area contributed by atoms with Gasteiger partial charge in [-0.3, -0.25) is 0 Å². The average Bonchev–Trinajstić information content (AvgIpc) is 2.88. The Balaban J connectivity index is 2.00. The van der Waals surface area contributed by atoms with Gasteiger partial charge in [0.25, 0.3) is 0 Å². The van der Waals surface area contributed by atoms with Gasteiger partial charge >= 0.3 is 6.03 Å². The molecule has 28 heavy (non-hydrogen) atoms. The Bertz CT molecular complexity index is 982. The van der Waals surface area contributed by atoms with Gasteiger partial charge in [0.1, 0.15) is 9.84 Å². The quantitative estimate of drug-likeness (QED) is 0.676. The number of amides is 2. The van der Waals surface area contributed by atoms with E-state index in [2.05, 4.69) is 0 Å². The maximum absolute atomic E-state index is 13.0. The molecule has 0 N–H and O–H groups in total. The molecule has 150 valence electrons. The van der Waals surface area contributed by atoms with Gasteiger partial charge in [0, 0.05) is 19.8 Å². The van der Waals surface area contributed by atoms with Crippen LogP contribution in [0.15, 0.2) is 48.5 Å². The summed E-state index contributed by atoms with van der Waals surface area (Å²) >= 11 is 12.3. The second-order valence-electron chi connectivity index (χ2n) is 7.22. The van der Waals surface area contributed by atoms with Crippen molar-refractivity contribution < 1.29 is 13.2 Å². The van der Waals surface area contributed by atoms with E-state index in [1.807, 2.05) is 36.4 Å².